The summed E-state index contributed by atoms with van der Waals surface area (Å²) in [6.07, 6.45) is 0.212. The average molecular weight is 432 g/mol. The standard InChI is InChI=1S/C20H21N3O4S2/c1-23(2)29(25,26)17-9-7-15(8-10-17)18-13-28-20(21-18)22-19(24)12-14-5-4-6-16(11-14)27-3/h4-11,13H,12H2,1-3H3,(H,21,22,24). The minimum atomic E-state index is -3.47. The third kappa shape index (κ3) is 5.00. The summed E-state index contributed by atoms with van der Waals surface area (Å²) >= 11 is 1.31. The number of carbonyl (C=O) groups is 1. The molecule has 1 heterocycles. The predicted octanol–water partition coefficient (Wildman–Crippen LogP) is 3.25. The number of ether oxygens (including phenoxy) is 1. The van der Waals surface area contributed by atoms with Crippen molar-refractivity contribution in [2.45, 2.75) is 11.3 Å². The smallest absolute Gasteiger partial charge is 0.242 e. The number of sulfonamides is 1. The fourth-order valence-electron chi connectivity index (χ4n) is 2.60. The highest BCUT2D eigenvalue weighted by atomic mass is 32.2. The highest BCUT2D eigenvalue weighted by Crippen LogP contribution is 2.26. The van der Waals surface area contributed by atoms with Crippen molar-refractivity contribution < 1.29 is 17.9 Å². The fraction of sp³-hybridized carbons (Fsp3) is 0.200. The van der Waals surface area contributed by atoms with Crippen molar-refractivity contribution in [1.29, 1.82) is 0 Å². The monoisotopic (exact) mass is 431 g/mol. The summed E-state index contributed by atoms with van der Waals surface area (Å²) in [4.78, 5) is 16.9. The molecule has 3 rings (SSSR count). The van der Waals surface area contributed by atoms with Crippen LogP contribution in [0.4, 0.5) is 5.13 Å². The van der Waals surface area contributed by atoms with Crippen molar-refractivity contribution in [3.05, 3.63) is 59.5 Å². The van der Waals surface area contributed by atoms with Gasteiger partial charge in [0.05, 0.1) is 24.1 Å². The number of nitrogens with one attached hydrogen (secondary N) is 1. The summed E-state index contributed by atoms with van der Waals surface area (Å²) in [5, 5.41) is 5.09. The van der Waals surface area contributed by atoms with E-state index >= 15 is 0 Å². The Morgan fingerprint density at radius 3 is 2.55 bits per heavy atom. The van der Waals surface area contributed by atoms with Gasteiger partial charge in [-0.05, 0) is 29.8 Å². The molecule has 152 valence electrons. The van der Waals surface area contributed by atoms with Gasteiger partial charge in [-0.1, -0.05) is 24.3 Å². The number of amides is 1. The molecule has 0 unspecified atom stereocenters. The summed E-state index contributed by atoms with van der Waals surface area (Å²) in [6.45, 7) is 0. The molecule has 0 spiro atoms. The van der Waals surface area contributed by atoms with Crippen LogP contribution in [0.5, 0.6) is 5.75 Å². The molecule has 29 heavy (non-hydrogen) atoms. The van der Waals surface area contributed by atoms with Crippen LogP contribution < -0.4 is 10.1 Å². The maximum atomic E-state index is 12.3. The van der Waals surface area contributed by atoms with Crippen LogP contribution in [0.15, 0.2) is 58.8 Å². The van der Waals surface area contributed by atoms with Gasteiger partial charge < -0.3 is 10.1 Å². The zero-order valence-corrected chi connectivity index (χ0v) is 17.9. The zero-order chi connectivity index (χ0) is 21.0. The SMILES string of the molecule is COc1cccc(CC(=O)Nc2nc(-c3ccc(S(=O)(=O)N(C)C)cc3)cs2)c1. The van der Waals surface area contributed by atoms with E-state index in [1.54, 1.807) is 31.4 Å². The molecule has 3 aromatic rings. The molecule has 0 saturated heterocycles. The minimum Gasteiger partial charge on any atom is -0.497 e. The van der Waals surface area contributed by atoms with Crippen molar-refractivity contribution in [2.75, 3.05) is 26.5 Å². The zero-order valence-electron chi connectivity index (χ0n) is 16.2. The molecule has 0 aliphatic carbocycles. The van der Waals surface area contributed by atoms with Gasteiger partial charge in [0.1, 0.15) is 5.75 Å². The van der Waals surface area contributed by atoms with E-state index in [2.05, 4.69) is 10.3 Å². The van der Waals surface area contributed by atoms with Crippen molar-refractivity contribution in [1.82, 2.24) is 9.29 Å². The van der Waals surface area contributed by atoms with Crippen LogP contribution >= 0.6 is 11.3 Å². The number of benzene rings is 2. The van der Waals surface area contributed by atoms with Crippen molar-refractivity contribution >= 4 is 32.4 Å². The van der Waals surface area contributed by atoms with Gasteiger partial charge in [0, 0.05) is 25.0 Å². The summed E-state index contributed by atoms with van der Waals surface area (Å²) in [5.41, 5.74) is 2.28. The van der Waals surface area contributed by atoms with E-state index in [1.165, 1.54) is 29.7 Å². The minimum absolute atomic E-state index is 0.174. The van der Waals surface area contributed by atoms with E-state index in [9.17, 15) is 13.2 Å². The van der Waals surface area contributed by atoms with E-state index in [1.807, 2.05) is 29.6 Å². The number of hydrogen-bond acceptors (Lipinski definition) is 6. The molecule has 1 N–H and O–H groups in total. The highest BCUT2D eigenvalue weighted by molar-refractivity contribution is 7.89. The number of rotatable bonds is 7. The number of nitrogens with zero attached hydrogens (tertiary/aromatic N) is 2. The molecule has 0 bridgehead atoms. The first kappa shape index (κ1) is 21.0. The van der Waals surface area contributed by atoms with Crippen LogP contribution in [0.25, 0.3) is 11.3 Å². The van der Waals surface area contributed by atoms with E-state index in [-0.39, 0.29) is 17.2 Å². The summed E-state index contributed by atoms with van der Waals surface area (Å²) < 4.78 is 30.6. The van der Waals surface area contributed by atoms with E-state index in [0.29, 0.717) is 16.6 Å². The second-order valence-electron chi connectivity index (χ2n) is 6.43. The summed E-state index contributed by atoms with van der Waals surface area (Å²) in [6, 6.07) is 13.8. The Kier molecular flexibility index (Phi) is 6.31. The number of thiazole rings is 1. The normalized spacial score (nSPS) is 11.4. The second-order valence-corrected chi connectivity index (χ2v) is 9.44. The quantitative estimate of drug-likeness (QED) is 0.620. The molecule has 0 radical (unpaired) electrons. The first-order valence-corrected chi connectivity index (χ1v) is 11.0. The Bertz CT molecular complexity index is 1110. The van der Waals surface area contributed by atoms with Gasteiger partial charge in [-0.25, -0.2) is 17.7 Å². The Morgan fingerprint density at radius 1 is 1.17 bits per heavy atom. The second kappa shape index (κ2) is 8.73. The molecule has 0 fully saturated rings. The Labute approximate surface area is 174 Å². The molecule has 1 aromatic heterocycles. The van der Waals surface area contributed by atoms with Crippen LogP contribution in [0, 0.1) is 0 Å². The lowest BCUT2D eigenvalue weighted by molar-refractivity contribution is -0.115. The lowest BCUT2D eigenvalue weighted by atomic mass is 10.1. The van der Waals surface area contributed by atoms with E-state index < -0.39 is 10.0 Å². The number of aromatic nitrogens is 1. The molecule has 0 atom stereocenters. The lowest BCUT2D eigenvalue weighted by Crippen LogP contribution is -2.22. The van der Waals surface area contributed by atoms with Gasteiger partial charge in [-0.2, -0.15) is 0 Å². The van der Waals surface area contributed by atoms with Crippen molar-refractivity contribution in [3.63, 3.8) is 0 Å². The lowest BCUT2D eigenvalue weighted by Gasteiger charge is -2.11. The molecule has 2 aromatic carbocycles. The van der Waals surface area contributed by atoms with Gasteiger partial charge in [-0.3, -0.25) is 4.79 Å². The third-order valence-corrected chi connectivity index (χ3v) is 6.77. The van der Waals surface area contributed by atoms with Gasteiger partial charge in [-0.15, -0.1) is 11.3 Å². The predicted molar refractivity (Wildman–Crippen MR) is 114 cm³/mol. The maximum Gasteiger partial charge on any atom is 0.242 e. The van der Waals surface area contributed by atoms with Crippen LogP contribution in [-0.4, -0.2) is 44.8 Å². The molecule has 7 nitrogen and oxygen atoms in total. The van der Waals surface area contributed by atoms with E-state index in [4.69, 9.17) is 4.74 Å². The van der Waals surface area contributed by atoms with Gasteiger partial charge in [0.2, 0.25) is 15.9 Å². The van der Waals surface area contributed by atoms with Crippen LogP contribution in [-0.2, 0) is 21.2 Å². The summed E-state index contributed by atoms with van der Waals surface area (Å²) in [5.74, 6) is 0.526. The first-order chi connectivity index (χ1) is 13.8. The molecule has 0 aliphatic rings. The maximum absolute atomic E-state index is 12.3. The Balaban J connectivity index is 1.68. The molecule has 0 saturated carbocycles. The number of methoxy groups -OCH3 is 1. The van der Waals surface area contributed by atoms with Crippen molar-refractivity contribution in [3.8, 4) is 17.0 Å². The first-order valence-electron chi connectivity index (χ1n) is 8.71. The molecular weight excluding hydrogens is 410 g/mol. The van der Waals surface area contributed by atoms with Crippen LogP contribution in [0.3, 0.4) is 0 Å². The molecule has 1 amide bonds. The highest BCUT2D eigenvalue weighted by Gasteiger charge is 2.17. The van der Waals surface area contributed by atoms with Crippen LogP contribution in [0.1, 0.15) is 5.56 Å². The summed E-state index contributed by atoms with van der Waals surface area (Å²) in [7, 11) is 1.09. The average Bonchev–Trinajstić information content (AvgIpc) is 3.16. The fourth-order valence-corrected chi connectivity index (χ4v) is 4.24. The molecular formula is C20H21N3O4S2. The van der Waals surface area contributed by atoms with Gasteiger partial charge in [0.15, 0.2) is 5.13 Å². The Hall–Kier alpha value is -2.75. The number of hydrogen-bond donors (Lipinski definition) is 1. The molecule has 0 aliphatic heterocycles. The van der Waals surface area contributed by atoms with Crippen molar-refractivity contribution in [2.24, 2.45) is 0 Å². The largest absolute Gasteiger partial charge is 0.497 e. The van der Waals surface area contributed by atoms with Crippen LogP contribution in [0.2, 0.25) is 0 Å². The third-order valence-electron chi connectivity index (χ3n) is 4.18. The Morgan fingerprint density at radius 2 is 1.90 bits per heavy atom. The van der Waals surface area contributed by atoms with Gasteiger partial charge in [0.25, 0.3) is 0 Å². The number of anilines is 1. The molecule has 9 heteroatoms. The van der Waals surface area contributed by atoms with E-state index in [0.717, 1.165) is 11.1 Å². The van der Waals surface area contributed by atoms with Gasteiger partial charge >= 0.3 is 0 Å². The number of carbonyl (C=O) groups excluding carboxylic acids is 1. The topological polar surface area (TPSA) is 88.6 Å².